The number of urea groups is 1. The molecule has 8 heteroatoms. The first-order valence-electron chi connectivity index (χ1n) is 9.87. The summed E-state index contributed by atoms with van der Waals surface area (Å²) in [5.41, 5.74) is 10.4. The summed E-state index contributed by atoms with van der Waals surface area (Å²) in [7, 11) is 0. The zero-order valence-electron chi connectivity index (χ0n) is 16.3. The Morgan fingerprint density at radius 3 is 2.53 bits per heavy atom. The molecule has 0 saturated carbocycles. The van der Waals surface area contributed by atoms with E-state index in [1.807, 2.05) is 6.20 Å². The fraction of sp³-hybridized carbons (Fsp3) is 0.227. The minimum atomic E-state index is -0.317. The summed E-state index contributed by atoms with van der Waals surface area (Å²) in [6, 6.07) is 9.56. The van der Waals surface area contributed by atoms with Gasteiger partial charge in [-0.15, -0.1) is 0 Å². The van der Waals surface area contributed by atoms with Crippen molar-refractivity contribution >= 4 is 23.2 Å². The van der Waals surface area contributed by atoms with Crippen molar-refractivity contribution in [1.82, 2.24) is 14.9 Å². The van der Waals surface area contributed by atoms with Crippen molar-refractivity contribution in [2.45, 2.75) is 19.5 Å². The van der Waals surface area contributed by atoms with Crippen LogP contribution in [0.1, 0.15) is 17.5 Å². The van der Waals surface area contributed by atoms with E-state index in [0.29, 0.717) is 30.2 Å². The molecule has 3 aromatic rings. The third-order valence-electron chi connectivity index (χ3n) is 5.57. The molecule has 0 unspecified atom stereocenters. The van der Waals surface area contributed by atoms with Crippen LogP contribution in [0.15, 0.2) is 48.8 Å². The van der Waals surface area contributed by atoms with Gasteiger partial charge in [0.05, 0.1) is 23.3 Å². The van der Waals surface area contributed by atoms with Gasteiger partial charge in [-0.1, -0.05) is 0 Å². The molecule has 152 valence electrons. The van der Waals surface area contributed by atoms with Crippen molar-refractivity contribution in [2.75, 3.05) is 29.0 Å². The molecule has 2 aliphatic rings. The number of nitrogens with one attached hydrogen (secondary N) is 1. The van der Waals surface area contributed by atoms with Gasteiger partial charge in [0, 0.05) is 37.9 Å². The molecule has 0 bridgehead atoms. The topological polar surface area (TPSA) is 87.4 Å². The minimum Gasteiger partial charge on any atom is -0.396 e. The van der Waals surface area contributed by atoms with E-state index < -0.39 is 0 Å². The molecule has 0 atom stereocenters. The minimum absolute atomic E-state index is 0.236. The Balaban J connectivity index is 1.31. The number of benzene rings is 1. The molecular weight excluding hydrogens is 383 g/mol. The summed E-state index contributed by atoms with van der Waals surface area (Å²) in [5, 5.41) is 2.89. The van der Waals surface area contributed by atoms with Gasteiger partial charge in [0.2, 0.25) is 0 Å². The maximum atomic E-state index is 13.2. The predicted octanol–water partition coefficient (Wildman–Crippen LogP) is 3.62. The number of pyridine rings is 2. The summed E-state index contributed by atoms with van der Waals surface area (Å²) < 4.78 is 13.2. The van der Waals surface area contributed by atoms with E-state index in [4.69, 9.17) is 5.73 Å². The molecule has 2 aromatic heterocycles. The Kier molecular flexibility index (Phi) is 4.46. The third kappa shape index (κ3) is 3.41. The van der Waals surface area contributed by atoms with Crippen LogP contribution in [0.2, 0.25) is 0 Å². The average molecular weight is 404 g/mol. The number of carbonyl (C=O) groups is 1. The van der Waals surface area contributed by atoms with Gasteiger partial charge in [0.1, 0.15) is 11.6 Å². The Labute approximate surface area is 173 Å². The Morgan fingerprint density at radius 2 is 1.80 bits per heavy atom. The zero-order chi connectivity index (χ0) is 20.7. The maximum Gasteiger partial charge on any atom is 0.322 e. The highest BCUT2D eigenvalue weighted by Gasteiger charge is 2.26. The van der Waals surface area contributed by atoms with Gasteiger partial charge in [0.25, 0.3) is 0 Å². The van der Waals surface area contributed by atoms with Crippen LogP contribution >= 0.6 is 0 Å². The number of carbonyl (C=O) groups excluding carboxylic acids is 1. The molecule has 3 N–H and O–H groups in total. The molecule has 2 aliphatic heterocycles. The van der Waals surface area contributed by atoms with Crippen molar-refractivity contribution in [3.63, 3.8) is 0 Å². The first kappa shape index (κ1) is 18.4. The summed E-state index contributed by atoms with van der Waals surface area (Å²) in [4.78, 5) is 25.7. The summed E-state index contributed by atoms with van der Waals surface area (Å²) >= 11 is 0. The zero-order valence-corrected chi connectivity index (χ0v) is 16.3. The second-order valence-corrected chi connectivity index (χ2v) is 7.60. The number of nitrogens with zero attached hydrogens (tertiary/aromatic N) is 4. The summed E-state index contributed by atoms with van der Waals surface area (Å²) in [6.45, 7) is 3.10. The lowest BCUT2D eigenvalue weighted by molar-refractivity contribution is 0.212. The van der Waals surface area contributed by atoms with Crippen LogP contribution in [0.4, 0.5) is 26.4 Å². The second-order valence-electron chi connectivity index (χ2n) is 7.60. The number of nitrogens with two attached hydrogens (primary N) is 1. The maximum absolute atomic E-state index is 13.2. The molecule has 1 aromatic carbocycles. The van der Waals surface area contributed by atoms with E-state index in [-0.39, 0.29) is 11.8 Å². The first-order chi connectivity index (χ1) is 14.6. The normalized spacial score (nSPS) is 15.0. The molecule has 4 heterocycles. The van der Waals surface area contributed by atoms with Gasteiger partial charge in [-0.05, 0) is 53.9 Å². The van der Waals surface area contributed by atoms with E-state index in [2.05, 4.69) is 26.3 Å². The van der Waals surface area contributed by atoms with Crippen LogP contribution in [0, 0.1) is 5.82 Å². The van der Waals surface area contributed by atoms with Gasteiger partial charge in [0.15, 0.2) is 0 Å². The molecule has 0 spiro atoms. The number of anilines is 3. The lowest BCUT2D eigenvalue weighted by Crippen LogP contribution is -2.37. The van der Waals surface area contributed by atoms with E-state index in [0.717, 1.165) is 35.6 Å². The van der Waals surface area contributed by atoms with Crippen LogP contribution in [0.3, 0.4) is 0 Å². The standard InChI is InChI=1S/C22H21FN6O/c23-17-4-2-14(3-5-17)19-9-20(18(24)11-25-19)27-22(30)29-12-15-8-21(28-6-1-7-28)26-10-16(15)13-29/h2-5,8-11H,1,6-7,12-13,24H2,(H,25,27,30). The monoisotopic (exact) mass is 404 g/mol. The predicted molar refractivity (Wildman–Crippen MR) is 113 cm³/mol. The van der Waals surface area contributed by atoms with Gasteiger partial charge in [-0.3, -0.25) is 4.98 Å². The van der Waals surface area contributed by atoms with E-state index >= 15 is 0 Å². The molecule has 2 amide bonds. The lowest BCUT2D eigenvalue weighted by Gasteiger charge is -2.32. The Bertz CT molecular complexity index is 1110. The van der Waals surface area contributed by atoms with Crippen molar-refractivity contribution in [3.05, 3.63) is 65.7 Å². The number of hydrogen-bond donors (Lipinski definition) is 2. The molecule has 0 aliphatic carbocycles. The molecule has 1 fully saturated rings. The number of halogens is 1. The number of rotatable bonds is 3. The molecular formula is C22H21FN6O. The fourth-order valence-corrected chi connectivity index (χ4v) is 3.68. The fourth-order valence-electron chi connectivity index (χ4n) is 3.68. The first-order valence-corrected chi connectivity index (χ1v) is 9.87. The van der Waals surface area contributed by atoms with Crippen LogP contribution in [-0.2, 0) is 13.1 Å². The number of amides is 2. The molecule has 1 saturated heterocycles. The van der Waals surface area contributed by atoms with Gasteiger partial charge in [-0.25, -0.2) is 14.2 Å². The van der Waals surface area contributed by atoms with E-state index in [1.165, 1.54) is 24.8 Å². The highest BCUT2D eigenvalue weighted by atomic mass is 19.1. The van der Waals surface area contributed by atoms with Gasteiger partial charge >= 0.3 is 6.03 Å². The number of aromatic nitrogens is 2. The van der Waals surface area contributed by atoms with Crippen molar-refractivity contribution in [2.24, 2.45) is 0 Å². The highest BCUT2D eigenvalue weighted by Crippen LogP contribution is 2.29. The van der Waals surface area contributed by atoms with E-state index in [1.54, 1.807) is 23.1 Å². The quantitative estimate of drug-likeness (QED) is 0.696. The highest BCUT2D eigenvalue weighted by molar-refractivity contribution is 5.93. The third-order valence-corrected chi connectivity index (χ3v) is 5.57. The summed E-state index contributed by atoms with van der Waals surface area (Å²) in [6.07, 6.45) is 4.56. The van der Waals surface area contributed by atoms with Crippen LogP contribution < -0.4 is 16.0 Å². The van der Waals surface area contributed by atoms with Gasteiger partial charge in [-0.2, -0.15) is 0 Å². The molecule has 5 rings (SSSR count). The van der Waals surface area contributed by atoms with Crippen LogP contribution in [0.5, 0.6) is 0 Å². The number of nitrogen functional groups attached to an aromatic ring is 1. The van der Waals surface area contributed by atoms with Crippen LogP contribution in [0.25, 0.3) is 11.3 Å². The second kappa shape index (κ2) is 7.29. The lowest BCUT2D eigenvalue weighted by atomic mass is 10.1. The number of fused-ring (bicyclic) bond motifs is 1. The molecule has 0 radical (unpaired) electrons. The Morgan fingerprint density at radius 1 is 1.03 bits per heavy atom. The summed E-state index contributed by atoms with van der Waals surface area (Å²) in [5.74, 6) is 0.660. The smallest absolute Gasteiger partial charge is 0.322 e. The van der Waals surface area contributed by atoms with Crippen LogP contribution in [-0.4, -0.2) is 34.0 Å². The largest absolute Gasteiger partial charge is 0.396 e. The Hall–Kier alpha value is -3.68. The van der Waals surface area contributed by atoms with Crippen molar-refractivity contribution in [3.8, 4) is 11.3 Å². The average Bonchev–Trinajstić information content (AvgIpc) is 3.13. The SMILES string of the molecule is Nc1cnc(-c2ccc(F)cc2)cc1NC(=O)N1Cc2cnc(N3CCC3)cc2C1. The van der Waals surface area contributed by atoms with E-state index in [9.17, 15) is 9.18 Å². The molecule has 30 heavy (non-hydrogen) atoms. The molecule has 7 nitrogen and oxygen atoms in total. The van der Waals surface area contributed by atoms with Crippen molar-refractivity contribution < 1.29 is 9.18 Å². The van der Waals surface area contributed by atoms with Gasteiger partial charge < -0.3 is 20.9 Å². The van der Waals surface area contributed by atoms with Crippen molar-refractivity contribution in [1.29, 1.82) is 0 Å². The number of hydrogen-bond acceptors (Lipinski definition) is 5.